The lowest BCUT2D eigenvalue weighted by Crippen LogP contribution is -2.52. The molecule has 0 bridgehead atoms. The summed E-state index contributed by atoms with van der Waals surface area (Å²) in [5.41, 5.74) is -0.724. The first-order valence-corrected chi connectivity index (χ1v) is 7.32. The Morgan fingerprint density at radius 3 is 2.44 bits per heavy atom. The van der Waals surface area contributed by atoms with Crippen molar-refractivity contribution in [2.24, 2.45) is 0 Å². The van der Waals surface area contributed by atoms with Crippen molar-refractivity contribution in [2.75, 3.05) is 19.6 Å². The van der Waals surface area contributed by atoms with Gasteiger partial charge in [-0.05, 0) is 51.7 Å². The van der Waals surface area contributed by atoms with Crippen molar-refractivity contribution in [1.29, 1.82) is 0 Å². The van der Waals surface area contributed by atoms with Crippen LogP contribution in [0.1, 0.15) is 52.9 Å². The monoisotopic (exact) mass is 256 g/mol. The molecule has 0 heterocycles. The fourth-order valence-corrected chi connectivity index (χ4v) is 2.68. The smallest absolute Gasteiger partial charge is 0.323 e. The Morgan fingerprint density at radius 2 is 2.06 bits per heavy atom. The average molecular weight is 256 g/mol. The molecule has 1 aliphatic carbocycles. The first-order chi connectivity index (χ1) is 8.59. The standard InChI is InChI=1S/C14H28N2O2/c1-4-14(13(17)18,15-5-2)10-7-11-16(6-3)12-8-9-12/h12,15H,4-11H2,1-3H3,(H,17,18). The summed E-state index contributed by atoms with van der Waals surface area (Å²) in [5.74, 6) is -0.707. The van der Waals surface area contributed by atoms with Gasteiger partial charge in [-0.15, -0.1) is 0 Å². The first-order valence-electron chi connectivity index (χ1n) is 7.32. The molecule has 2 N–H and O–H groups in total. The van der Waals surface area contributed by atoms with Gasteiger partial charge < -0.3 is 15.3 Å². The van der Waals surface area contributed by atoms with Crippen molar-refractivity contribution < 1.29 is 9.90 Å². The van der Waals surface area contributed by atoms with Crippen LogP contribution in [0.2, 0.25) is 0 Å². The molecule has 1 rings (SSSR count). The van der Waals surface area contributed by atoms with Gasteiger partial charge in [0.05, 0.1) is 0 Å². The molecule has 4 nitrogen and oxygen atoms in total. The summed E-state index contributed by atoms with van der Waals surface area (Å²) in [6.45, 7) is 8.93. The van der Waals surface area contributed by atoms with E-state index in [1.165, 1.54) is 12.8 Å². The second-order valence-electron chi connectivity index (χ2n) is 5.23. The minimum atomic E-state index is -0.724. The Labute approximate surface area is 111 Å². The Kier molecular flexibility index (Phi) is 6.09. The van der Waals surface area contributed by atoms with Gasteiger partial charge in [0.15, 0.2) is 0 Å². The van der Waals surface area contributed by atoms with E-state index in [0.717, 1.165) is 32.0 Å². The van der Waals surface area contributed by atoms with Crippen molar-refractivity contribution in [1.82, 2.24) is 10.2 Å². The number of rotatable bonds is 10. The van der Waals surface area contributed by atoms with Gasteiger partial charge in [-0.3, -0.25) is 4.79 Å². The van der Waals surface area contributed by atoms with Gasteiger partial charge in [-0.25, -0.2) is 0 Å². The third kappa shape index (κ3) is 3.95. The van der Waals surface area contributed by atoms with Crippen LogP contribution in [0.5, 0.6) is 0 Å². The second kappa shape index (κ2) is 7.10. The van der Waals surface area contributed by atoms with E-state index in [-0.39, 0.29) is 0 Å². The minimum Gasteiger partial charge on any atom is -0.480 e. The average Bonchev–Trinajstić information content (AvgIpc) is 3.17. The third-order valence-electron chi connectivity index (χ3n) is 4.05. The lowest BCUT2D eigenvalue weighted by molar-refractivity contribution is -0.145. The molecular formula is C14H28N2O2. The van der Waals surface area contributed by atoms with Crippen LogP contribution in [0.3, 0.4) is 0 Å². The van der Waals surface area contributed by atoms with Gasteiger partial charge in [-0.2, -0.15) is 0 Å². The Morgan fingerprint density at radius 1 is 1.39 bits per heavy atom. The molecule has 1 fully saturated rings. The highest BCUT2D eigenvalue weighted by Crippen LogP contribution is 2.27. The Bertz CT molecular complexity index is 267. The van der Waals surface area contributed by atoms with Crippen molar-refractivity contribution in [3.8, 4) is 0 Å². The lowest BCUT2D eigenvalue weighted by atomic mass is 9.90. The van der Waals surface area contributed by atoms with Crippen LogP contribution >= 0.6 is 0 Å². The fraction of sp³-hybridized carbons (Fsp3) is 0.929. The summed E-state index contributed by atoms with van der Waals surface area (Å²) in [6, 6.07) is 0.773. The number of carbonyl (C=O) groups is 1. The lowest BCUT2D eigenvalue weighted by Gasteiger charge is -2.30. The molecule has 1 unspecified atom stereocenters. The van der Waals surface area contributed by atoms with E-state index in [9.17, 15) is 9.90 Å². The summed E-state index contributed by atoms with van der Waals surface area (Å²) in [5, 5.41) is 12.6. The summed E-state index contributed by atoms with van der Waals surface area (Å²) in [7, 11) is 0. The SMILES string of the molecule is CCNC(CC)(CCCN(CC)C1CC1)C(=O)O. The number of carboxylic acids is 1. The fourth-order valence-electron chi connectivity index (χ4n) is 2.68. The summed E-state index contributed by atoms with van der Waals surface area (Å²) in [6.07, 6.45) is 4.96. The van der Waals surface area contributed by atoms with Crippen LogP contribution < -0.4 is 5.32 Å². The number of nitrogens with one attached hydrogen (secondary N) is 1. The highest BCUT2D eigenvalue weighted by molar-refractivity contribution is 5.78. The minimum absolute atomic E-state index is 0.645. The van der Waals surface area contributed by atoms with E-state index < -0.39 is 11.5 Å². The topological polar surface area (TPSA) is 52.6 Å². The maximum Gasteiger partial charge on any atom is 0.323 e. The van der Waals surface area contributed by atoms with Crippen LogP contribution in [0.4, 0.5) is 0 Å². The highest BCUT2D eigenvalue weighted by atomic mass is 16.4. The van der Waals surface area contributed by atoms with Crippen LogP contribution in [0.25, 0.3) is 0 Å². The van der Waals surface area contributed by atoms with Crippen LogP contribution in [-0.4, -0.2) is 47.2 Å². The predicted molar refractivity (Wildman–Crippen MR) is 73.8 cm³/mol. The molecule has 18 heavy (non-hydrogen) atoms. The number of likely N-dealkylation sites (N-methyl/N-ethyl adjacent to an activating group) is 1. The molecule has 0 spiro atoms. The summed E-state index contributed by atoms with van der Waals surface area (Å²) < 4.78 is 0. The first kappa shape index (κ1) is 15.4. The zero-order valence-electron chi connectivity index (χ0n) is 12.0. The molecule has 0 aromatic heterocycles. The predicted octanol–water partition coefficient (Wildman–Crippen LogP) is 2.09. The molecule has 0 saturated heterocycles. The number of hydrogen-bond acceptors (Lipinski definition) is 3. The van der Waals surface area contributed by atoms with Crippen molar-refractivity contribution in [3.05, 3.63) is 0 Å². The van der Waals surface area contributed by atoms with Gasteiger partial charge >= 0.3 is 5.97 Å². The molecule has 106 valence electrons. The van der Waals surface area contributed by atoms with E-state index in [1.807, 2.05) is 13.8 Å². The third-order valence-corrected chi connectivity index (χ3v) is 4.05. The molecule has 1 saturated carbocycles. The van der Waals surface area contributed by atoms with Crippen LogP contribution in [-0.2, 0) is 4.79 Å². The zero-order valence-corrected chi connectivity index (χ0v) is 12.0. The quantitative estimate of drug-likeness (QED) is 0.628. The van der Waals surface area contributed by atoms with Crippen molar-refractivity contribution >= 4 is 5.97 Å². The van der Waals surface area contributed by atoms with Gasteiger partial charge in [0.2, 0.25) is 0 Å². The molecule has 0 aliphatic heterocycles. The molecule has 0 amide bonds. The zero-order chi connectivity index (χ0) is 13.6. The second-order valence-corrected chi connectivity index (χ2v) is 5.23. The Hall–Kier alpha value is -0.610. The molecule has 1 atom stereocenters. The summed E-state index contributed by atoms with van der Waals surface area (Å²) >= 11 is 0. The van der Waals surface area contributed by atoms with Gasteiger partial charge in [-0.1, -0.05) is 20.8 Å². The number of carboxylic acid groups (broad SMARTS) is 1. The molecule has 0 aromatic rings. The van der Waals surface area contributed by atoms with E-state index in [4.69, 9.17) is 0 Å². The molecule has 0 radical (unpaired) electrons. The van der Waals surface area contributed by atoms with Crippen LogP contribution in [0, 0.1) is 0 Å². The molecular weight excluding hydrogens is 228 g/mol. The largest absolute Gasteiger partial charge is 0.480 e. The van der Waals surface area contributed by atoms with Gasteiger partial charge in [0, 0.05) is 6.04 Å². The Balaban J connectivity index is 2.43. The van der Waals surface area contributed by atoms with Crippen LogP contribution in [0.15, 0.2) is 0 Å². The molecule has 4 heteroatoms. The van der Waals surface area contributed by atoms with E-state index in [0.29, 0.717) is 13.0 Å². The normalized spacial score (nSPS) is 18.9. The number of aliphatic carboxylic acids is 1. The van der Waals surface area contributed by atoms with E-state index >= 15 is 0 Å². The molecule has 0 aromatic carbocycles. The van der Waals surface area contributed by atoms with Gasteiger partial charge in [0.25, 0.3) is 0 Å². The van der Waals surface area contributed by atoms with Gasteiger partial charge in [0.1, 0.15) is 5.54 Å². The van der Waals surface area contributed by atoms with Crippen molar-refractivity contribution in [2.45, 2.75) is 64.5 Å². The number of hydrogen-bond donors (Lipinski definition) is 2. The summed E-state index contributed by atoms with van der Waals surface area (Å²) in [4.78, 5) is 13.9. The maximum atomic E-state index is 11.5. The van der Waals surface area contributed by atoms with Crippen molar-refractivity contribution in [3.63, 3.8) is 0 Å². The van der Waals surface area contributed by atoms with E-state index in [2.05, 4.69) is 17.1 Å². The maximum absolute atomic E-state index is 11.5. The highest BCUT2D eigenvalue weighted by Gasteiger charge is 2.35. The van der Waals surface area contributed by atoms with E-state index in [1.54, 1.807) is 0 Å². The molecule has 1 aliphatic rings. The number of nitrogens with zero attached hydrogens (tertiary/aromatic N) is 1.